The Labute approximate surface area is 165 Å². The van der Waals surface area contributed by atoms with Crippen molar-refractivity contribution in [2.24, 2.45) is 0 Å². The van der Waals surface area contributed by atoms with Gasteiger partial charge in [-0.15, -0.1) is 0 Å². The third-order valence-electron chi connectivity index (χ3n) is 4.91. The number of aromatic nitrogens is 1. The first-order valence-electron chi connectivity index (χ1n) is 9.10. The van der Waals surface area contributed by atoms with Crippen molar-refractivity contribution in [2.75, 3.05) is 18.7 Å². The summed E-state index contributed by atoms with van der Waals surface area (Å²) in [5.41, 5.74) is -1.32. The topological polar surface area (TPSA) is 82.8 Å². The number of hydrogen-bond acceptors (Lipinski definition) is 5. The van der Waals surface area contributed by atoms with Crippen molar-refractivity contribution in [2.45, 2.75) is 32.7 Å². The van der Waals surface area contributed by atoms with Gasteiger partial charge in [0.25, 0.3) is 5.91 Å². The normalized spacial score (nSPS) is 13.8. The zero-order chi connectivity index (χ0) is 21.5. The number of aromatic hydroxyl groups is 1. The number of rotatable bonds is 5. The summed E-state index contributed by atoms with van der Waals surface area (Å²) in [7, 11) is 1.65. The number of carbonyl (C=O) groups is 2. The van der Waals surface area contributed by atoms with E-state index < -0.39 is 34.5 Å². The first-order chi connectivity index (χ1) is 13.6. The minimum Gasteiger partial charge on any atom is -0.502 e. The predicted molar refractivity (Wildman–Crippen MR) is 102 cm³/mol. The molecule has 0 radical (unpaired) electrons. The maximum atomic E-state index is 13.8. The van der Waals surface area contributed by atoms with Crippen LogP contribution < -0.4 is 10.4 Å². The summed E-state index contributed by atoms with van der Waals surface area (Å²) in [6.45, 7) is 3.83. The highest BCUT2D eigenvalue weighted by atomic mass is 19.1. The fourth-order valence-corrected chi connectivity index (χ4v) is 3.25. The van der Waals surface area contributed by atoms with Crippen molar-refractivity contribution in [1.29, 1.82) is 0 Å². The minimum absolute atomic E-state index is 0.0389. The van der Waals surface area contributed by atoms with E-state index in [0.29, 0.717) is 0 Å². The molecule has 9 heteroatoms. The highest BCUT2D eigenvalue weighted by Crippen LogP contribution is 2.22. The van der Waals surface area contributed by atoms with Crippen LogP contribution in [0.2, 0.25) is 0 Å². The Morgan fingerprint density at radius 1 is 1.24 bits per heavy atom. The Morgan fingerprint density at radius 3 is 2.55 bits per heavy atom. The van der Waals surface area contributed by atoms with Crippen LogP contribution in [0, 0.1) is 11.6 Å². The van der Waals surface area contributed by atoms with Gasteiger partial charge in [-0.25, -0.2) is 8.78 Å². The molecule has 1 aliphatic rings. The van der Waals surface area contributed by atoms with Gasteiger partial charge < -0.3 is 10.0 Å². The van der Waals surface area contributed by atoms with Gasteiger partial charge >= 0.3 is 0 Å². The molecule has 3 rings (SSSR count). The van der Waals surface area contributed by atoms with Crippen molar-refractivity contribution < 1.29 is 23.5 Å². The number of Topliss-reactive ketones (excluding diaryl/α,β-unsaturated/α-hetero) is 1. The summed E-state index contributed by atoms with van der Waals surface area (Å²) in [5.74, 6) is -3.43. The van der Waals surface area contributed by atoms with E-state index in [-0.39, 0.29) is 42.4 Å². The molecule has 154 valence electrons. The number of nitrogens with zero attached hydrogens (tertiary/aromatic N) is 3. The Morgan fingerprint density at radius 2 is 1.93 bits per heavy atom. The summed E-state index contributed by atoms with van der Waals surface area (Å²) < 4.78 is 28.0. The number of pyridine rings is 1. The summed E-state index contributed by atoms with van der Waals surface area (Å²) in [6, 6.07) is 2.90. The SMILES string of the molecule is CC(C)N1CN(C)n2cc(C(=O)CCc3ccc(F)cc3F)c(=O)c(O)c2C1=O. The lowest BCUT2D eigenvalue weighted by Crippen LogP contribution is -2.54. The summed E-state index contributed by atoms with van der Waals surface area (Å²) in [4.78, 5) is 39.3. The van der Waals surface area contributed by atoms with E-state index in [1.54, 1.807) is 12.1 Å². The van der Waals surface area contributed by atoms with Crippen LogP contribution in [0.3, 0.4) is 0 Å². The first kappa shape index (κ1) is 20.5. The second-order valence-corrected chi connectivity index (χ2v) is 7.24. The monoisotopic (exact) mass is 405 g/mol. The van der Waals surface area contributed by atoms with Gasteiger partial charge in [-0.3, -0.25) is 24.1 Å². The number of halogens is 2. The molecular weight excluding hydrogens is 384 g/mol. The van der Waals surface area contributed by atoms with Crippen LogP contribution in [0.4, 0.5) is 8.78 Å². The fraction of sp³-hybridized carbons (Fsp3) is 0.350. The molecule has 0 unspecified atom stereocenters. The van der Waals surface area contributed by atoms with Gasteiger partial charge in [0.2, 0.25) is 5.43 Å². The van der Waals surface area contributed by atoms with Crippen LogP contribution in [-0.4, -0.2) is 46.1 Å². The zero-order valence-corrected chi connectivity index (χ0v) is 16.3. The molecule has 0 fully saturated rings. The summed E-state index contributed by atoms with van der Waals surface area (Å²) in [6.07, 6.45) is 0.964. The van der Waals surface area contributed by atoms with Crippen LogP contribution in [-0.2, 0) is 6.42 Å². The predicted octanol–water partition coefficient (Wildman–Crippen LogP) is 2.04. The molecule has 0 atom stereocenters. The molecule has 0 bridgehead atoms. The van der Waals surface area contributed by atoms with E-state index in [9.17, 15) is 28.3 Å². The van der Waals surface area contributed by atoms with Gasteiger partial charge in [0, 0.05) is 31.8 Å². The highest BCUT2D eigenvalue weighted by molar-refractivity contribution is 6.00. The first-order valence-corrected chi connectivity index (χ1v) is 9.10. The highest BCUT2D eigenvalue weighted by Gasteiger charge is 2.34. The molecule has 29 heavy (non-hydrogen) atoms. The average Bonchev–Trinajstić information content (AvgIpc) is 2.65. The van der Waals surface area contributed by atoms with Gasteiger partial charge in [0.05, 0.1) is 5.56 Å². The quantitative estimate of drug-likeness (QED) is 0.770. The molecule has 2 aromatic rings. The van der Waals surface area contributed by atoms with E-state index in [1.165, 1.54) is 21.8 Å². The van der Waals surface area contributed by atoms with E-state index in [0.717, 1.165) is 12.1 Å². The molecule has 0 saturated heterocycles. The Bertz CT molecular complexity index is 1050. The van der Waals surface area contributed by atoms with E-state index in [2.05, 4.69) is 0 Å². The molecule has 0 saturated carbocycles. The molecule has 7 nitrogen and oxygen atoms in total. The lowest BCUT2D eigenvalue weighted by molar-refractivity contribution is 0.0636. The van der Waals surface area contributed by atoms with Crippen molar-refractivity contribution in [3.63, 3.8) is 0 Å². The van der Waals surface area contributed by atoms with Crippen LogP contribution in [0.1, 0.15) is 46.7 Å². The summed E-state index contributed by atoms with van der Waals surface area (Å²) in [5, 5.41) is 11.9. The number of amides is 1. The summed E-state index contributed by atoms with van der Waals surface area (Å²) >= 11 is 0. The second kappa shape index (κ2) is 7.65. The molecule has 0 spiro atoms. The van der Waals surface area contributed by atoms with Gasteiger partial charge in [0.1, 0.15) is 18.3 Å². The van der Waals surface area contributed by atoms with Crippen molar-refractivity contribution >= 4 is 11.7 Å². The number of aryl methyl sites for hydroxylation is 1. The standard InChI is InChI=1S/C20H21F2N3O4/c1-11(2)24-10-23(3)25-9-14(18(27)19(28)17(25)20(24)29)16(26)7-5-12-4-6-13(21)8-15(12)22/h4,6,8-9,11,28H,5,7,10H2,1-3H3. The van der Waals surface area contributed by atoms with Crippen molar-refractivity contribution in [1.82, 2.24) is 9.58 Å². The number of benzene rings is 1. The molecule has 1 aromatic carbocycles. The maximum absolute atomic E-state index is 13.8. The van der Waals surface area contributed by atoms with Crippen LogP contribution in [0.25, 0.3) is 0 Å². The van der Waals surface area contributed by atoms with E-state index >= 15 is 0 Å². The molecule has 1 aliphatic heterocycles. The number of carbonyl (C=O) groups excluding carboxylic acids is 2. The third kappa shape index (κ3) is 3.72. The minimum atomic E-state index is -0.951. The largest absolute Gasteiger partial charge is 0.502 e. The Hall–Kier alpha value is -3.23. The Kier molecular flexibility index (Phi) is 5.41. The molecular formula is C20H21F2N3O4. The molecule has 0 aliphatic carbocycles. The molecule has 1 amide bonds. The van der Waals surface area contributed by atoms with Gasteiger partial charge in [-0.2, -0.15) is 0 Å². The third-order valence-corrected chi connectivity index (χ3v) is 4.91. The average molecular weight is 405 g/mol. The van der Waals surface area contributed by atoms with Crippen LogP contribution in [0.15, 0.2) is 29.2 Å². The van der Waals surface area contributed by atoms with Gasteiger partial charge in [-0.05, 0) is 31.9 Å². The zero-order valence-electron chi connectivity index (χ0n) is 16.3. The smallest absolute Gasteiger partial charge is 0.278 e. The maximum Gasteiger partial charge on any atom is 0.278 e. The Balaban J connectivity index is 1.92. The van der Waals surface area contributed by atoms with Gasteiger partial charge in [-0.1, -0.05) is 6.07 Å². The molecule has 1 N–H and O–H groups in total. The van der Waals surface area contributed by atoms with Crippen molar-refractivity contribution in [3.8, 4) is 5.75 Å². The number of ketones is 1. The van der Waals surface area contributed by atoms with E-state index in [1.807, 2.05) is 13.8 Å². The number of fused-ring (bicyclic) bond motifs is 1. The lowest BCUT2D eigenvalue weighted by atomic mass is 10.0. The lowest BCUT2D eigenvalue weighted by Gasteiger charge is -2.39. The fourth-order valence-electron chi connectivity index (χ4n) is 3.25. The van der Waals surface area contributed by atoms with Crippen LogP contribution in [0.5, 0.6) is 5.75 Å². The molecule has 2 heterocycles. The molecule has 1 aromatic heterocycles. The van der Waals surface area contributed by atoms with Gasteiger partial charge in [0.15, 0.2) is 17.2 Å². The number of hydrogen-bond donors (Lipinski definition) is 1. The van der Waals surface area contributed by atoms with Crippen molar-refractivity contribution in [3.05, 3.63) is 63.1 Å². The van der Waals surface area contributed by atoms with Crippen LogP contribution >= 0.6 is 0 Å². The van der Waals surface area contributed by atoms with E-state index in [4.69, 9.17) is 0 Å². The second-order valence-electron chi connectivity index (χ2n) is 7.24.